The van der Waals surface area contributed by atoms with Crippen molar-refractivity contribution in [1.82, 2.24) is 0 Å². The zero-order valence-electron chi connectivity index (χ0n) is 8.71. The molecular weight excluding hydrogens is 193 g/mol. The lowest BCUT2D eigenvalue weighted by Crippen LogP contribution is -2.13. The van der Waals surface area contributed by atoms with Gasteiger partial charge < -0.3 is 10.5 Å². The molecule has 0 unspecified atom stereocenters. The van der Waals surface area contributed by atoms with Crippen molar-refractivity contribution in [2.45, 2.75) is 38.3 Å². The molecule has 0 radical (unpaired) electrons. The van der Waals surface area contributed by atoms with Crippen LogP contribution in [0.1, 0.15) is 31.2 Å². The van der Waals surface area contributed by atoms with Gasteiger partial charge in [0, 0.05) is 12.1 Å². The molecule has 2 N–H and O–H groups in total. The average molecular weight is 209 g/mol. The molecule has 1 aliphatic rings. The lowest BCUT2D eigenvalue weighted by Gasteiger charge is -2.15. The third-order valence-electron chi connectivity index (χ3n) is 2.84. The first kappa shape index (κ1) is 10.4. The molecule has 2 nitrogen and oxygen atoms in total. The minimum Gasteiger partial charge on any atom is -0.490 e. The van der Waals surface area contributed by atoms with Gasteiger partial charge in [0.15, 0.2) is 0 Å². The summed E-state index contributed by atoms with van der Waals surface area (Å²) in [7, 11) is 0. The molecular formula is C12H16FNO. The Morgan fingerprint density at radius 2 is 2.07 bits per heavy atom. The molecule has 2 rings (SSSR count). The molecule has 0 bridgehead atoms. The minimum atomic E-state index is -0.255. The fraction of sp³-hybridized carbons (Fsp3) is 0.500. The summed E-state index contributed by atoms with van der Waals surface area (Å²) >= 11 is 0. The van der Waals surface area contributed by atoms with Crippen molar-refractivity contribution >= 4 is 0 Å². The van der Waals surface area contributed by atoms with Crippen LogP contribution in [-0.2, 0) is 6.54 Å². The van der Waals surface area contributed by atoms with Gasteiger partial charge in [-0.1, -0.05) is 0 Å². The third-order valence-corrected chi connectivity index (χ3v) is 2.84. The van der Waals surface area contributed by atoms with Crippen LogP contribution in [0.4, 0.5) is 4.39 Å². The molecule has 0 aromatic heterocycles. The van der Waals surface area contributed by atoms with Crippen molar-refractivity contribution in [3.8, 4) is 5.75 Å². The Morgan fingerprint density at radius 1 is 1.33 bits per heavy atom. The topological polar surface area (TPSA) is 35.2 Å². The number of benzene rings is 1. The maximum atomic E-state index is 12.9. The minimum absolute atomic E-state index is 0.255. The average Bonchev–Trinajstić information content (AvgIpc) is 2.73. The second kappa shape index (κ2) is 4.62. The van der Waals surface area contributed by atoms with E-state index in [-0.39, 0.29) is 5.82 Å². The summed E-state index contributed by atoms with van der Waals surface area (Å²) in [6, 6.07) is 4.55. The molecule has 1 fully saturated rings. The fourth-order valence-corrected chi connectivity index (χ4v) is 2.01. The van der Waals surface area contributed by atoms with Crippen LogP contribution >= 0.6 is 0 Å². The van der Waals surface area contributed by atoms with Crippen molar-refractivity contribution in [2.75, 3.05) is 0 Å². The summed E-state index contributed by atoms with van der Waals surface area (Å²) in [4.78, 5) is 0. The second-order valence-electron chi connectivity index (χ2n) is 3.98. The Labute approximate surface area is 89.2 Å². The molecule has 15 heavy (non-hydrogen) atoms. The zero-order chi connectivity index (χ0) is 10.7. The van der Waals surface area contributed by atoms with Crippen LogP contribution in [0.25, 0.3) is 0 Å². The van der Waals surface area contributed by atoms with Gasteiger partial charge in [-0.05, 0) is 43.9 Å². The summed E-state index contributed by atoms with van der Waals surface area (Å²) in [6.45, 7) is 0.319. The Bertz CT molecular complexity index is 334. The first-order valence-corrected chi connectivity index (χ1v) is 5.45. The van der Waals surface area contributed by atoms with Crippen molar-refractivity contribution in [3.05, 3.63) is 29.6 Å². The first-order chi connectivity index (χ1) is 7.29. The third kappa shape index (κ3) is 2.48. The summed E-state index contributed by atoms with van der Waals surface area (Å²) in [5.74, 6) is 0.486. The number of ether oxygens (including phenoxy) is 1. The molecule has 1 aromatic carbocycles. The number of halogens is 1. The van der Waals surface area contributed by atoms with E-state index in [1.165, 1.54) is 25.0 Å². The van der Waals surface area contributed by atoms with Crippen molar-refractivity contribution in [1.29, 1.82) is 0 Å². The van der Waals surface area contributed by atoms with Gasteiger partial charge in [0.2, 0.25) is 0 Å². The number of hydrogen-bond acceptors (Lipinski definition) is 2. The van der Waals surface area contributed by atoms with E-state index in [4.69, 9.17) is 10.5 Å². The molecule has 82 valence electrons. The van der Waals surface area contributed by atoms with E-state index in [0.717, 1.165) is 24.2 Å². The molecule has 0 aliphatic heterocycles. The number of nitrogens with two attached hydrogens (primary N) is 1. The standard InChI is InChI=1S/C12H16FNO/c13-10-5-6-12(9(7-10)8-14)15-11-3-1-2-4-11/h5-7,11H,1-4,8,14H2. The highest BCUT2D eigenvalue weighted by atomic mass is 19.1. The molecule has 0 amide bonds. The van der Waals surface area contributed by atoms with Crippen molar-refractivity contribution < 1.29 is 9.13 Å². The quantitative estimate of drug-likeness (QED) is 0.830. The van der Waals surface area contributed by atoms with Gasteiger partial charge in [0.05, 0.1) is 6.10 Å². The molecule has 1 aliphatic carbocycles. The van der Waals surface area contributed by atoms with Crippen LogP contribution < -0.4 is 10.5 Å². The summed E-state index contributed by atoms with van der Waals surface area (Å²) in [5, 5.41) is 0. The molecule has 1 saturated carbocycles. The van der Waals surface area contributed by atoms with E-state index in [1.807, 2.05) is 0 Å². The normalized spacial score (nSPS) is 16.9. The van der Waals surface area contributed by atoms with E-state index in [9.17, 15) is 4.39 Å². The lowest BCUT2D eigenvalue weighted by molar-refractivity contribution is 0.207. The van der Waals surface area contributed by atoms with Crippen molar-refractivity contribution in [2.24, 2.45) is 5.73 Å². The van der Waals surface area contributed by atoms with Gasteiger partial charge in [-0.15, -0.1) is 0 Å². The first-order valence-electron chi connectivity index (χ1n) is 5.45. The van der Waals surface area contributed by atoms with E-state index in [0.29, 0.717) is 12.6 Å². The molecule has 0 atom stereocenters. The zero-order valence-corrected chi connectivity index (χ0v) is 8.71. The smallest absolute Gasteiger partial charge is 0.124 e. The summed E-state index contributed by atoms with van der Waals surface area (Å²) < 4.78 is 18.7. The maximum absolute atomic E-state index is 12.9. The van der Waals surface area contributed by atoms with Gasteiger partial charge in [0.1, 0.15) is 11.6 Å². The predicted molar refractivity (Wildman–Crippen MR) is 57.2 cm³/mol. The molecule has 0 heterocycles. The van der Waals surface area contributed by atoms with Crippen LogP contribution in [0.3, 0.4) is 0 Å². The summed E-state index contributed by atoms with van der Waals surface area (Å²) in [5.41, 5.74) is 6.30. The van der Waals surface area contributed by atoms with Gasteiger partial charge in [-0.3, -0.25) is 0 Å². The maximum Gasteiger partial charge on any atom is 0.124 e. The lowest BCUT2D eigenvalue weighted by atomic mass is 10.2. The van der Waals surface area contributed by atoms with Crippen molar-refractivity contribution in [3.63, 3.8) is 0 Å². The van der Waals surface area contributed by atoms with Crippen LogP contribution in [-0.4, -0.2) is 6.10 Å². The van der Waals surface area contributed by atoms with E-state index >= 15 is 0 Å². The van der Waals surface area contributed by atoms with E-state index in [2.05, 4.69) is 0 Å². The second-order valence-corrected chi connectivity index (χ2v) is 3.98. The largest absolute Gasteiger partial charge is 0.490 e. The Morgan fingerprint density at radius 3 is 2.73 bits per heavy atom. The highest BCUT2D eigenvalue weighted by Gasteiger charge is 2.17. The SMILES string of the molecule is NCc1cc(F)ccc1OC1CCCC1. The number of rotatable bonds is 3. The van der Waals surface area contributed by atoms with Crippen LogP contribution in [0.5, 0.6) is 5.75 Å². The highest BCUT2D eigenvalue weighted by Crippen LogP contribution is 2.26. The Balaban J connectivity index is 2.12. The van der Waals surface area contributed by atoms with Gasteiger partial charge in [-0.2, -0.15) is 0 Å². The predicted octanol–water partition coefficient (Wildman–Crippen LogP) is 2.61. The number of hydrogen-bond donors (Lipinski definition) is 1. The van der Waals surface area contributed by atoms with Crippen LogP contribution in [0.15, 0.2) is 18.2 Å². The van der Waals surface area contributed by atoms with Gasteiger partial charge >= 0.3 is 0 Å². The summed E-state index contributed by atoms with van der Waals surface area (Å²) in [6.07, 6.45) is 4.94. The van der Waals surface area contributed by atoms with Crippen LogP contribution in [0.2, 0.25) is 0 Å². The molecule has 0 spiro atoms. The van der Waals surface area contributed by atoms with E-state index in [1.54, 1.807) is 6.07 Å². The van der Waals surface area contributed by atoms with Gasteiger partial charge in [0.25, 0.3) is 0 Å². The molecule has 0 saturated heterocycles. The van der Waals surface area contributed by atoms with E-state index < -0.39 is 0 Å². The Hall–Kier alpha value is -1.09. The Kier molecular flexibility index (Phi) is 3.21. The monoisotopic (exact) mass is 209 g/mol. The fourth-order valence-electron chi connectivity index (χ4n) is 2.01. The van der Waals surface area contributed by atoms with Crippen LogP contribution in [0, 0.1) is 5.82 Å². The molecule has 1 aromatic rings. The molecule has 3 heteroatoms. The van der Waals surface area contributed by atoms with Gasteiger partial charge in [-0.25, -0.2) is 4.39 Å². The highest BCUT2D eigenvalue weighted by molar-refractivity contribution is 5.34.